The summed E-state index contributed by atoms with van der Waals surface area (Å²) in [7, 11) is 0. The monoisotopic (exact) mass is 209 g/mol. The van der Waals surface area contributed by atoms with Crippen molar-refractivity contribution in [3.05, 3.63) is 29.7 Å². The highest BCUT2D eigenvalue weighted by molar-refractivity contribution is 6.17. The number of carbonyl (C=O) groups is 2. The lowest BCUT2D eigenvalue weighted by Crippen LogP contribution is -2.43. The molecule has 3 N–H and O–H groups in total. The quantitative estimate of drug-likeness (QED) is 0.441. The predicted molar refractivity (Wildman–Crippen MR) is 48.5 cm³/mol. The predicted octanol–water partition coefficient (Wildman–Crippen LogP) is -1.71. The van der Waals surface area contributed by atoms with Crippen LogP contribution in [0.15, 0.2) is 23.8 Å². The smallest absolute Gasteiger partial charge is 0.191 e. The molecule has 0 saturated heterocycles. The van der Waals surface area contributed by atoms with Gasteiger partial charge in [0.2, 0.25) is 0 Å². The van der Waals surface area contributed by atoms with Gasteiger partial charge in [0, 0.05) is 5.57 Å². The lowest BCUT2D eigenvalue weighted by Gasteiger charge is -2.16. The zero-order valence-corrected chi connectivity index (χ0v) is 7.62. The van der Waals surface area contributed by atoms with E-state index < -0.39 is 29.9 Å². The van der Waals surface area contributed by atoms with E-state index in [1.807, 2.05) is 0 Å². The van der Waals surface area contributed by atoms with Crippen LogP contribution in [0.25, 0.3) is 0 Å². The molecule has 0 amide bonds. The van der Waals surface area contributed by atoms with E-state index in [2.05, 4.69) is 0 Å². The molecule has 1 fully saturated rings. The van der Waals surface area contributed by atoms with Crippen LogP contribution in [0.5, 0.6) is 0 Å². The number of fused-ring (bicyclic) bond motifs is 1. The highest BCUT2D eigenvalue weighted by Gasteiger charge is 2.45. The lowest BCUT2D eigenvalue weighted by atomic mass is 9.95. The summed E-state index contributed by atoms with van der Waals surface area (Å²) >= 11 is 0. The summed E-state index contributed by atoms with van der Waals surface area (Å²) in [5, 5.41) is 28.1. The second-order valence-corrected chi connectivity index (χ2v) is 3.46. The van der Waals surface area contributed by atoms with Crippen LogP contribution in [0.2, 0.25) is 0 Å². The number of Topliss-reactive ketones (excluding diaryl/α,β-unsaturated/α-hetero) is 2. The highest BCUT2D eigenvalue weighted by Crippen LogP contribution is 2.30. The summed E-state index contributed by atoms with van der Waals surface area (Å²) in [5.41, 5.74) is 0.0445. The number of hydrogen-bond acceptors (Lipinski definition) is 5. The SMILES string of the molecule is O=C1[C]2C=CC=C2C(=O)C(O)C(O)C1O. The number of allylic oxidation sites excluding steroid dienone is 3. The fourth-order valence-electron chi connectivity index (χ4n) is 1.65. The molecular weight excluding hydrogens is 200 g/mol. The van der Waals surface area contributed by atoms with E-state index in [-0.39, 0.29) is 11.5 Å². The van der Waals surface area contributed by atoms with Gasteiger partial charge in [-0.15, -0.1) is 0 Å². The van der Waals surface area contributed by atoms with Crippen LogP contribution in [-0.4, -0.2) is 45.2 Å². The van der Waals surface area contributed by atoms with Gasteiger partial charge in [-0.25, -0.2) is 0 Å². The number of hydrogen-bond donors (Lipinski definition) is 3. The number of aliphatic hydroxyl groups excluding tert-OH is 3. The molecular formula is C10H9O5. The molecule has 0 aromatic heterocycles. The summed E-state index contributed by atoms with van der Waals surface area (Å²) in [6.45, 7) is 0. The van der Waals surface area contributed by atoms with Gasteiger partial charge in [-0.1, -0.05) is 18.2 Å². The first-order chi connectivity index (χ1) is 7.04. The summed E-state index contributed by atoms with van der Waals surface area (Å²) in [5.74, 6) is -1.44. The lowest BCUT2D eigenvalue weighted by molar-refractivity contribution is -0.139. The molecule has 5 nitrogen and oxygen atoms in total. The molecule has 2 rings (SSSR count). The van der Waals surface area contributed by atoms with Crippen LogP contribution in [-0.2, 0) is 9.59 Å². The first-order valence-electron chi connectivity index (χ1n) is 4.42. The molecule has 0 spiro atoms. The van der Waals surface area contributed by atoms with Crippen LogP contribution in [0.1, 0.15) is 0 Å². The maximum Gasteiger partial charge on any atom is 0.191 e. The standard InChI is InChI=1S/C10H9O5/c11-6-4-2-1-3-5(4)7(12)9(14)10(15)8(6)13/h1-3,8-10,13-15H. The van der Waals surface area contributed by atoms with Gasteiger partial charge in [-0.2, -0.15) is 0 Å². The molecule has 0 aromatic rings. The molecule has 2 aliphatic carbocycles. The Morgan fingerprint density at radius 3 is 2.27 bits per heavy atom. The molecule has 1 saturated carbocycles. The number of rotatable bonds is 0. The zero-order chi connectivity index (χ0) is 11.2. The first kappa shape index (κ1) is 10.2. The molecule has 79 valence electrons. The second kappa shape index (κ2) is 3.37. The van der Waals surface area contributed by atoms with E-state index in [0.717, 1.165) is 0 Å². The van der Waals surface area contributed by atoms with Crippen LogP contribution < -0.4 is 0 Å². The van der Waals surface area contributed by atoms with Crippen LogP contribution in [0.4, 0.5) is 0 Å². The van der Waals surface area contributed by atoms with E-state index in [9.17, 15) is 24.9 Å². The fourth-order valence-corrected chi connectivity index (χ4v) is 1.65. The first-order valence-corrected chi connectivity index (χ1v) is 4.42. The summed E-state index contributed by atoms with van der Waals surface area (Å²) in [4.78, 5) is 23.1. The Kier molecular flexibility index (Phi) is 2.30. The third kappa shape index (κ3) is 1.36. The normalized spacial score (nSPS) is 36.5. The third-order valence-corrected chi connectivity index (χ3v) is 2.53. The highest BCUT2D eigenvalue weighted by atomic mass is 16.4. The maximum absolute atomic E-state index is 11.5. The van der Waals surface area contributed by atoms with Crippen molar-refractivity contribution in [3.8, 4) is 0 Å². The molecule has 5 heteroatoms. The van der Waals surface area contributed by atoms with Gasteiger partial charge in [0.25, 0.3) is 0 Å². The molecule has 0 heterocycles. The Labute approximate surface area is 85.3 Å². The molecule has 0 bridgehead atoms. The number of ketones is 2. The van der Waals surface area contributed by atoms with Crippen molar-refractivity contribution in [1.29, 1.82) is 0 Å². The van der Waals surface area contributed by atoms with E-state index in [4.69, 9.17) is 0 Å². The number of carbonyl (C=O) groups excluding carboxylic acids is 2. The van der Waals surface area contributed by atoms with Crippen molar-refractivity contribution >= 4 is 11.6 Å². The van der Waals surface area contributed by atoms with E-state index in [0.29, 0.717) is 0 Å². The van der Waals surface area contributed by atoms with Crippen molar-refractivity contribution in [1.82, 2.24) is 0 Å². The molecule has 3 atom stereocenters. The van der Waals surface area contributed by atoms with Gasteiger partial charge >= 0.3 is 0 Å². The van der Waals surface area contributed by atoms with Crippen molar-refractivity contribution in [2.75, 3.05) is 0 Å². The summed E-state index contributed by atoms with van der Waals surface area (Å²) in [6.07, 6.45) is -1.04. The number of aliphatic hydroxyl groups is 3. The van der Waals surface area contributed by atoms with Crippen molar-refractivity contribution in [2.24, 2.45) is 0 Å². The molecule has 0 aromatic carbocycles. The minimum atomic E-state index is -1.77. The summed E-state index contributed by atoms with van der Waals surface area (Å²) in [6, 6.07) is 0. The molecule has 3 unspecified atom stereocenters. The zero-order valence-electron chi connectivity index (χ0n) is 7.62. The summed E-state index contributed by atoms with van der Waals surface area (Å²) < 4.78 is 0. The van der Waals surface area contributed by atoms with E-state index >= 15 is 0 Å². The van der Waals surface area contributed by atoms with E-state index in [1.165, 1.54) is 18.2 Å². The van der Waals surface area contributed by atoms with E-state index in [1.54, 1.807) is 0 Å². The third-order valence-electron chi connectivity index (χ3n) is 2.53. The topological polar surface area (TPSA) is 94.8 Å². The van der Waals surface area contributed by atoms with Gasteiger partial charge in [0.15, 0.2) is 11.6 Å². The van der Waals surface area contributed by atoms with Crippen LogP contribution >= 0.6 is 0 Å². The van der Waals surface area contributed by atoms with Crippen molar-refractivity contribution in [3.63, 3.8) is 0 Å². The fraction of sp³-hybridized carbons (Fsp3) is 0.300. The van der Waals surface area contributed by atoms with Gasteiger partial charge in [-0.3, -0.25) is 9.59 Å². The average Bonchev–Trinajstić information content (AvgIpc) is 2.70. The Hall–Kier alpha value is -1.30. The minimum absolute atomic E-state index is 0.0445. The van der Waals surface area contributed by atoms with Gasteiger partial charge in [0.05, 0.1) is 5.92 Å². The van der Waals surface area contributed by atoms with Gasteiger partial charge in [-0.05, 0) is 0 Å². The van der Waals surface area contributed by atoms with Crippen molar-refractivity contribution in [2.45, 2.75) is 18.3 Å². The Balaban J connectivity index is 2.45. The van der Waals surface area contributed by atoms with Crippen LogP contribution in [0, 0.1) is 5.92 Å². The van der Waals surface area contributed by atoms with Crippen molar-refractivity contribution < 1.29 is 24.9 Å². The molecule has 1 radical (unpaired) electrons. The second-order valence-electron chi connectivity index (χ2n) is 3.46. The Morgan fingerprint density at radius 1 is 1.00 bits per heavy atom. The molecule has 15 heavy (non-hydrogen) atoms. The average molecular weight is 209 g/mol. The Morgan fingerprint density at radius 2 is 1.60 bits per heavy atom. The van der Waals surface area contributed by atoms with Crippen LogP contribution in [0.3, 0.4) is 0 Å². The van der Waals surface area contributed by atoms with Gasteiger partial charge < -0.3 is 15.3 Å². The maximum atomic E-state index is 11.5. The largest absolute Gasteiger partial charge is 0.387 e. The van der Waals surface area contributed by atoms with Gasteiger partial charge in [0.1, 0.15) is 18.3 Å². The Bertz CT molecular complexity index is 381. The molecule has 0 aliphatic heterocycles. The minimum Gasteiger partial charge on any atom is -0.387 e. The molecule has 2 aliphatic rings.